The summed E-state index contributed by atoms with van der Waals surface area (Å²) in [6.45, 7) is 2.77. The molecule has 0 bridgehead atoms. The van der Waals surface area contributed by atoms with Gasteiger partial charge in [0.05, 0.1) is 12.8 Å². The Labute approximate surface area is 94.3 Å². The molecular weight excluding hydrogens is 230 g/mol. The van der Waals surface area contributed by atoms with E-state index >= 15 is 0 Å². The van der Waals surface area contributed by atoms with Gasteiger partial charge < -0.3 is 5.11 Å². The third-order valence-corrected chi connectivity index (χ3v) is 4.71. The minimum atomic E-state index is -3.52. The van der Waals surface area contributed by atoms with Crippen molar-refractivity contribution in [2.24, 2.45) is 5.92 Å². The third kappa shape index (κ3) is 1.85. The minimum Gasteiger partial charge on any atom is -0.392 e. The second kappa shape index (κ2) is 4.15. The van der Waals surface area contributed by atoms with Crippen molar-refractivity contribution in [1.29, 1.82) is 0 Å². The predicted molar refractivity (Wildman–Crippen MR) is 57.1 cm³/mol. The highest BCUT2D eigenvalue weighted by atomic mass is 32.2. The van der Waals surface area contributed by atoms with Gasteiger partial charge in [-0.3, -0.25) is 5.10 Å². The molecule has 1 unspecified atom stereocenters. The summed E-state index contributed by atoms with van der Waals surface area (Å²) in [5, 5.41) is 15.1. The average Bonchev–Trinajstić information content (AvgIpc) is 2.85. The Morgan fingerprint density at radius 3 is 3.00 bits per heavy atom. The molecule has 2 rings (SSSR count). The van der Waals surface area contributed by atoms with Gasteiger partial charge in [0.25, 0.3) is 10.0 Å². The summed E-state index contributed by atoms with van der Waals surface area (Å²) in [4.78, 5) is 0. The number of hydrogen-bond donors (Lipinski definition) is 2. The largest absolute Gasteiger partial charge is 0.392 e. The van der Waals surface area contributed by atoms with Gasteiger partial charge in [-0.15, -0.1) is 0 Å². The van der Waals surface area contributed by atoms with Crippen LogP contribution in [-0.4, -0.2) is 41.1 Å². The van der Waals surface area contributed by atoms with Crippen molar-refractivity contribution < 1.29 is 13.5 Å². The topological polar surface area (TPSA) is 86.3 Å². The second-order valence-corrected chi connectivity index (χ2v) is 6.01. The Balaban J connectivity index is 2.32. The van der Waals surface area contributed by atoms with Crippen molar-refractivity contribution in [3.05, 3.63) is 11.8 Å². The van der Waals surface area contributed by atoms with Gasteiger partial charge in [-0.2, -0.15) is 9.40 Å². The van der Waals surface area contributed by atoms with Crippen molar-refractivity contribution >= 4 is 10.0 Å². The summed E-state index contributed by atoms with van der Waals surface area (Å²) >= 11 is 0. The zero-order valence-corrected chi connectivity index (χ0v) is 9.87. The molecule has 16 heavy (non-hydrogen) atoms. The number of nitrogens with zero attached hydrogens (tertiary/aromatic N) is 2. The van der Waals surface area contributed by atoms with E-state index < -0.39 is 10.0 Å². The Morgan fingerprint density at radius 1 is 1.69 bits per heavy atom. The molecule has 0 radical (unpaired) electrons. The van der Waals surface area contributed by atoms with Gasteiger partial charge in [-0.05, 0) is 12.3 Å². The second-order valence-electron chi connectivity index (χ2n) is 4.14. The molecule has 7 heteroatoms. The number of aliphatic hydroxyl groups is 1. The lowest BCUT2D eigenvalue weighted by atomic mass is 10.2. The monoisotopic (exact) mass is 245 g/mol. The maximum absolute atomic E-state index is 12.2. The predicted octanol–water partition coefficient (Wildman–Crippen LogP) is -0.0675. The lowest BCUT2D eigenvalue weighted by Gasteiger charge is -2.15. The summed E-state index contributed by atoms with van der Waals surface area (Å²) in [6, 6.07) is 0. The van der Waals surface area contributed by atoms with E-state index in [2.05, 4.69) is 10.2 Å². The van der Waals surface area contributed by atoms with Crippen LogP contribution in [0.5, 0.6) is 0 Å². The van der Waals surface area contributed by atoms with Crippen molar-refractivity contribution in [1.82, 2.24) is 14.5 Å². The van der Waals surface area contributed by atoms with Gasteiger partial charge in [0.1, 0.15) is 0 Å². The molecule has 6 nitrogen and oxygen atoms in total. The Morgan fingerprint density at radius 2 is 2.44 bits per heavy atom. The van der Waals surface area contributed by atoms with Gasteiger partial charge in [0.15, 0.2) is 5.03 Å². The lowest BCUT2D eigenvalue weighted by Crippen LogP contribution is -2.29. The van der Waals surface area contributed by atoms with Crippen LogP contribution in [0.2, 0.25) is 0 Å². The summed E-state index contributed by atoms with van der Waals surface area (Å²) in [5.41, 5.74) is 0.319. The first-order chi connectivity index (χ1) is 7.55. The summed E-state index contributed by atoms with van der Waals surface area (Å²) in [6.07, 6.45) is 2.22. The third-order valence-electron chi connectivity index (χ3n) is 2.83. The van der Waals surface area contributed by atoms with E-state index in [1.54, 1.807) is 0 Å². The van der Waals surface area contributed by atoms with Crippen LogP contribution in [-0.2, 0) is 16.6 Å². The zero-order chi connectivity index (χ0) is 11.8. The van der Waals surface area contributed by atoms with Crippen LogP contribution >= 0.6 is 0 Å². The molecular formula is C9H15N3O3S. The highest BCUT2D eigenvalue weighted by molar-refractivity contribution is 7.89. The fourth-order valence-electron chi connectivity index (χ4n) is 1.88. The lowest BCUT2D eigenvalue weighted by molar-refractivity contribution is 0.278. The molecule has 1 fully saturated rings. The molecule has 0 aliphatic carbocycles. The molecule has 1 aromatic rings. The van der Waals surface area contributed by atoms with Crippen LogP contribution in [0.3, 0.4) is 0 Å². The van der Waals surface area contributed by atoms with Crippen LogP contribution in [0.4, 0.5) is 0 Å². The fraction of sp³-hybridized carbons (Fsp3) is 0.667. The SMILES string of the molecule is CC1CCN(S(=O)(=O)c2[nH]ncc2CO)C1. The van der Waals surface area contributed by atoms with Gasteiger partial charge in [-0.25, -0.2) is 8.42 Å². The van der Waals surface area contributed by atoms with Crippen LogP contribution < -0.4 is 0 Å². The number of aromatic amines is 1. The molecule has 1 atom stereocenters. The minimum absolute atomic E-state index is 0.0177. The number of H-pyrrole nitrogens is 1. The zero-order valence-electron chi connectivity index (χ0n) is 9.05. The molecule has 0 spiro atoms. The first-order valence-electron chi connectivity index (χ1n) is 5.19. The first-order valence-corrected chi connectivity index (χ1v) is 6.63. The van der Waals surface area contributed by atoms with Crippen molar-refractivity contribution in [2.45, 2.75) is 25.0 Å². The molecule has 0 amide bonds. The number of rotatable bonds is 3. The van der Waals surface area contributed by atoms with E-state index in [-0.39, 0.29) is 11.6 Å². The maximum Gasteiger partial charge on any atom is 0.260 e. The van der Waals surface area contributed by atoms with E-state index in [9.17, 15) is 8.42 Å². The Hall–Kier alpha value is -0.920. The van der Waals surface area contributed by atoms with E-state index in [0.29, 0.717) is 24.6 Å². The molecule has 0 saturated carbocycles. The quantitative estimate of drug-likeness (QED) is 0.780. The first kappa shape index (κ1) is 11.6. The number of sulfonamides is 1. The van der Waals surface area contributed by atoms with E-state index in [4.69, 9.17) is 5.11 Å². The molecule has 0 aromatic carbocycles. The van der Waals surface area contributed by atoms with Crippen LogP contribution in [0.25, 0.3) is 0 Å². The number of aromatic nitrogens is 2. The van der Waals surface area contributed by atoms with Gasteiger partial charge in [0, 0.05) is 18.7 Å². The number of aliphatic hydroxyl groups excluding tert-OH is 1. The van der Waals surface area contributed by atoms with E-state index in [1.165, 1.54) is 10.5 Å². The molecule has 2 N–H and O–H groups in total. The molecule has 90 valence electrons. The molecule has 1 saturated heterocycles. The smallest absolute Gasteiger partial charge is 0.260 e. The van der Waals surface area contributed by atoms with Crippen molar-refractivity contribution in [2.75, 3.05) is 13.1 Å². The van der Waals surface area contributed by atoms with Gasteiger partial charge in [-0.1, -0.05) is 6.92 Å². The van der Waals surface area contributed by atoms with Crippen LogP contribution in [0.15, 0.2) is 11.2 Å². The molecule has 1 aliphatic heterocycles. The van der Waals surface area contributed by atoms with E-state index in [0.717, 1.165) is 6.42 Å². The standard InChI is InChI=1S/C9H15N3O3S/c1-7-2-3-12(5-7)16(14,15)9-8(6-13)4-10-11-9/h4,7,13H,2-3,5-6H2,1H3,(H,10,11). The number of nitrogens with one attached hydrogen (secondary N) is 1. The van der Waals surface area contributed by atoms with Gasteiger partial charge >= 0.3 is 0 Å². The normalized spacial score (nSPS) is 22.8. The van der Waals surface area contributed by atoms with Crippen LogP contribution in [0, 0.1) is 5.92 Å². The van der Waals surface area contributed by atoms with E-state index in [1.807, 2.05) is 6.92 Å². The highest BCUT2D eigenvalue weighted by Gasteiger charge is 2.33. The number of hydrogen-bond acceptors (Lipinski definition) is 4. The fourth-order valence-corrected chi connectivity index (χ4v) is 3.55. The average molecular weight is 245 g/mol. The summed E-state index contributed by atoms with van der Waals surface area (Å²) < 4.78 is 25.8. The molecule has 1 aliphatic rings. The highest BCUT2D eigenvalue weighted by Crippen LogP contribution is 2.24. The Bertz CT molecular complexity index is 468. The van der Waals surface area contributed by atoms with Gasteiger partial charge in [0.2, 0.25) is 0 Å². The van der Waals surface area contributed by atoms with Crippen molar-refractivity contribution in [3.8, 4) is 0 Å². The Kier molecular flexibility index (Phi) is 3.00. The molecule has 2 heterocycles. The van der Waals surface area contributed by atoms with Crippen LogP contribution in [0.1, 0.15) is 18.9 Å². The maximum atomic E-state index is 12.2. The summed E-state index contributed by atoms with van der Waals surface area (Å²) in [5.74, 6) is 0.385. The molecule has 1 aromatic heterocycles. The van der Waals surface area contributed by atoms with Crippen molar-refractivity contribution in [3.63, 3.8) is 0 Å². The summed E-state index contributed by atoms with van der Waals surface area (Å²) in [7, 11) is -3.52.